The van der Waals surface area contributed by atoms with E-state index in [1.54, 1.807) is 0 Å². The molecule has 1 aromatic rings. The number of aliphatic imine (C=N–C) groups is 1. The van der Waals surface area contributed by atoms with E-state index >= 15 is 0 Å². The van der Waals surface area contributed by atoms with Crippen LogP contribution in [0, 0.1) is 13.8 Å². The van der Waals surface area contributed by atoms with Crippen molar-refractivity contribution in [2.24, 2.45) is 10.7 Å². The molecule has 5 heteroatoms. The van der Waals surface area contributed by atoms with Gasteiger partial charge >= 0.3 is 0 Å². The summed E-state index contributed by atoms with van der Waals surface area (Å²) in [6.07, 6.45) is 0. The number of benzene rings is 1. The zero-order valence-electron chi connectivity index (χ0n) is 13.2. The molecule has 1 saturated heterocycles. The molecule has 0 amide bonds. The van der Waals surface area contributed by atoms with Crippen molar-refractivity contribution in [2.45, 2.75) is 26.8 Å². The largest absolute Gasteiger partial charge is 0.379 e. The molecule has 0 aliphatic carbocycles. The average molecular weight is 290 g/mol. The van der Waals surface area contributed by atoms with Crippen LogP contribution in [0.1, 0.15) is 18.1 Å². The molecular formula is C16H26N4O. The fourth-order valence-electron chi connectivity index (χ4n) is 2.60. The van der Waals surface area contributed by atoms with Crippen molar-refractivity contribution in [2.75, 3.05) is 38.2 Å². The van der Waals surface area contributed by atoms with Crippen LogP contribution >= 0.6 is 0 Å². The second-order valence-corrected chi connectivity index (χ2v) is 5.72. The Labute approximate surface area is 127 Å². The first-order valence-corrected chi connectivity index (χ1v) is 7.51. The quantitative estimate of drug-likeness (QED) is 0.655. The van der Waals surface area contributed by atoms with Crippen molar-refractivity contribution in [3.8, 4) is 0 Å². The lowest BCUT2D eigenvalue weighted by Crippen LogP contribution is -2.43. The van der Waals surface area contributed by atoms with E-state index in [1.807, 2.05) is 0 Å². The molecule has 1 aromatic carbocycles. The predicted molar refractivity (Wildman–Crippen MR) is 87.9 cm³/mol. The standard InChI is InChI=1S/C16H26N4O/c1-12-8-13(2)10-15(9-12)19-16(17)18-11-14(3)20-4-6-21-7-5-20/h8-10,14H,4-7,11H2,1-3H3,(H3,17,18,19). The van der Waals surface area contributed by atoms with Gasteiger partial charge in [-0.25, -0.2) is 0 Å². The molecule has 0 radical (unpaired) electrons. The van der Waals surface area contributed by atoms with Gasteiger partial charge in [-0.05, 0) is 44.0 Å². The van der Waals surface area contributed by atoms with Crippen LogP contribution in [0.15, 0.2) is 23.2 Å². The van der Waals surface area contributed by atoms with Gasteiger partial charge < -0.3 is 15.8 Å². The maximum atomic E-state index is 5.98. The minimum absolute atomic E-state index is 0.383. The van der Waals surface area contributed by atoms with Crippen LogP contribution in [0.25, 0.3) is 0 Å². The van der Waals surface area contributed by atoms with E-state index < -0.39 is 0 Å². The molecule has 0 spiro atoms. The lowest BCUT2D eigenvalue weighted by molar-refractivity contribution is 0.0221. The molecule has 116 valence electrons. The fraction of sp³-hybridized carbons (Fsp3) is 0.562. The molecule has 3 N–H and O–H groups in total. The number of ether oxygens (including phenoxy) is 1. The third-order valence-electron chi connectivity index (χ3n) is 3.69. The van der Waals surface area contributed by atoms with E-state index in [9.17, 15) is 0 Å². The highest BCUT2D eigenvalue weighted by molar-refractivity contribution is 5.92. The molecule has 0 saturated carbocycles. The molecule has 0 bridgehead atoms. The van der Waals surface area contributed by atoms with Gasteiger partial charge in [-0.1, -0.05) is 6.07 Å². The van der Waals surface area contributed by atoms with Crippen molar-refractivity contribution >= 4 is 11.6 Å². The number of guanidine groups is 1. The summed E-state index contributed by atoms with van der Waals surface area (Å²) in [5.74, 6) is 0.472. The Morgan fingerprint density at radius 2 is 1.90 bits per heavy atom. The minimum Gasteiger partial charge on any atom is -0.379 e. The van der Waals surface area contributed by atoms with Crippen molar-refractivity contribution in [3.63, 3.8) is 0 Å². The Hall–Kier alpha value is -1.59. The average Bonchev–Trinajstić information content (AvgIpc) is 2.44. The molecule has 1 aliphatic rings. The smallest absolute Gasteiger partial charge is 0.193 e. The number of hydrogen-bond acceptors (Lipinski definition) is 3. The van der Waals surface area contributed by atoms with Crippen LogP contribution in [0.2, 0.25) is 0 Å². The first-order chi connectivity index (χ1) is 10.0. The molecular weight excluding hydrogens is 264 g/mol. The Balaban J connectivity index is 1.88. The van der Waals surface area contributed by atoms with E-state index in [1.165, 1.54) is 11.1 Å². The zero-order valence-corrected chi connectivity index (χ0v) is 13.2. The van der Waals surface area contributed by atoms with Gasteiger partial charge in [0.15, 0.2) is 5.96 Å². The van der Waals surface area contributed by atoms with E-state index in [-0.39, 0.29) is 0 Å². The monoisotopic (exact) mass is 290 g/mol. The van der Waals surface area contributed by atoms with Gasteiger partial charge in [-0.3, -0.25) is 9.89 Å². The van der Waals surface area contributed by atoms with Gasteiger partial charge in [0.05, 0.1) is 19.8 Å². The highest BCUT2D eigenvalue weighted by Gasteiger charge is 2.16. The number of morpholine rings is 1. The van der Waals surface area contributed by atoms with Crippen LogP contribution in [0.4, 0.5) is 5.69 Å². The van der Waals surface area contributed by atoms with Crippen molar-refractivity contribution in [1.29, 1.82) is 0 Å². The summed E-state index contributed by atoms with van der Waals surface area (Å²) in [6.45, 7) is 10.6. The van der Waals surface area contributed by atoms with Crippen molar-refractivity contribution < 1.29 is 4.74 Å². The van der Waals surface area contributed by atoms with E-state index in [0.717, 1.165) is 32.0 Å². The van der Waals surface area contributed by atoms with Gasteiger partial charge in [0.25, 0.3) is 0 Å². The zero-order chi connectivity index (χ0) is 15.2. The summed E-state index contributed by atoms with van der Waals surface area (Å²) >= 11 is 0. The lowest BCUT2D eigenvalue weighted by Gasteiger charge is -2.31. The molecule has 1 unspecified atom stereocenters. The van der Waals surface area contributed by atoms with Crippen molar-refractivity contribution in [3.05, 3.63) is 29.3 Å². The molecule has 1 atom stereocenters. The van der Waals surface area contributed by atoms with Gasteiger partial charge in [-0.15, -0.1) is 0 Å². The highest BCUT2D eigenvalue weighted by Crippen LogP contribution is 2.13. The number of aryl methyl sites for hydroxylation is 2. The minimum atomic E-state index is 0.383. The Kier molecular flexibility index (Phi) is 5.59. The van der Waals surface area contributed by atoms with Crippen LogP contribution in [0.5, 0.6) is 0 Å². The van der Waals surface area contributed by atoms with Crippen LogP contribution in [0.3, 0.4) is 0 Å². The predicted octanol–water partition coefficient (Wildman–Crippen LogP) is 1.75. The summed E-state index contributed by atoms with van der Waals surface area (Å²) < 4.78 is 5.36. The first kappa shape index (κ1) is 15.8. The fourth-order valence-corrected chi connectivity index (χ4v) is 2.60. The molecule has 1 aliphatic heterocycles. The van der Waals surface area contributed by atoms with Crippen LogP contribution in [-0.2, 0) is 4.74 Å². The van der Waals surface area contributed by atoms with Gasteiger partial charge in [0, 0.05) is 24.8 Å². The Morgan fingerprint density at radius 1 is 1.29 bits per heavy atom. The number of hydrogen-bond donors (Lipinski definition) is 2. The molecule has 2 rings (SSSR count). The summed E-state index contributed by atoms with van der Waals surface area (Å²) in [7, 11) is 0. The molecule has 21 heavy (non-hydrogen) atoms. The third kappa shape index (κ3) is 5.02. The summed E-state index contributed by atoms with van der Waals surface area (Å²) in [5.41, 5.74) is 9.40. The number of anilines is 1. The van der Waals surface area contributed by atoms with Crippen molar-refractivity contribution in [1.82, 2.24) is 4.90 Å². The topological polar surface area (TPSA) is 62.9 Å². The number of nitrogens with one attached hydrogen (secondary N) is 1. The second-order valence-electron chi connectivity index (χ2n) is 5.72. The van der Waals surface area contributed by atoms with Gasteiger partial charge in [-0.2, -0.15) is 0 Å². The van der Waals surface area contributed by atoms with Crippen LogP contribution in [-0.4, -0.2) is 49.7 Å². The molecule has 1 fully saturated rings. The maximum Gasteiger partial charge on any atom is 0.193 e. The summed E-state index contributed by atoms with van der Waals surface area (Å²) in [4.78, 5) is 6.84. The normalized spacial score (nSPS) is 18.5. The van der Waals surface area contributed by atoms with Gasteiger partial charge in [0.1, 0.15) is 0 Å². The highest BCUT2D eigenvalue weighted by atomic mass is 16.5. The van der Waals surface area contributed by atoms with E-state index in [2.05, 4.69) is 54.2 Å². The first-order valence-electron chi connectivity index (χ1n) is 7.51. The van der Waals surface area contributed by atoms with Gasteiger partial charge in [0.2, 0.25) is 0 Å². The summed E-state index contributed by atoms with van der Waals surface area (Å²) in [6, 6.07) is 6.66. The Morgan fingerprint density at radius 3 is 2.52 bits per heavy atom. The van der Waals surface area contributed by atoms with Crippen LogP contribution < -0.4 is 11.1 Å². The summed E-state index contributed by atoms with van der Waals surface area (Å²) in [5, 5.41) is 3.17. The third-order valence-corrected chi connectivity index (χ3v) is 3.69. The number of nitrogens with zero attached hydrogens (tertiary/aromatic N) is 2. The number of rotatable bonds is 4. The van der Waals surface area contributed by atoms with E-state index in [4.69, 9.17) is 10.5 Å². The Bertz CT molecular complexity index is 475. The molecule has 0 aromatic heterocycles. The molecule has 5 nitrogen and oxygen atoms in total. The molecule has 1 heterocycles. The maximum absolute atomic E-state index is 5.98. The lowest BCUT2D eigenvalue weighted by atomic mass is 10.1. The second kappa shape index (κ2) is 7.43. The van der Waals surface area contributed by atoms with E-state index in [0.29, 0.717) is 18.5 Å². The number of nitrogens with two attached hydrogens (primary N) is 1. The SMILES string of the molecule is Cc1cc(C)cc(NC(N)=NCC(C)N2CCOCC2)c1.